The smallest absolute Gasteiger partial charge is 0.123 e. The van der Waals surface area contributed by atoms with E-state index in [0.717, 1.165) is 10.0 Å². The van der Waals surface area contributed by atoms with Crippen molar-refractivity contribution in [2.45, 2.75) is 6.42 Å². The van der Waals surface area contributed by atoms with E-state index in [1.165, 1.54) is 0 Å². The van der Waals surface area contributed by atoms with E-state index in [1.54, 1.807) is 12.1 Å². The summed E-state index contributed by atoms with van der Waals surface area (Å²) in [7, 11) is 0. The molecule has 0 aromatic heterocycles. The van der Waals surface area contributed by atoms with Gasteiger partial charge in [-0.2, -0.15) is 0 Å². The third kappa shape index (κ3) is 3.20. The lowest BCUT2D eigenvalue weighted by atomic mass is 10.2. The van der Waals surface area contributed by atoms with E-state index >= 15 is 0 Å². The summed E-state index contributed by atoms with van der Waals surface area (Å²) < 4.78 is 0.851. The van der Waals surface area contributed by atoms with Crippen LogP contribution in [0.5, 0.6) is 5.75 Å². The number of halogens is 1. The molecule has 0 spiro atoms. The van der Waals surface area contributed by atoms with Gasteiger partial charge in [0.05, 0.1) is 0 Å². The van der Waals surface area contributed by atoms with Gasteiger partial charge in [0.15, 0.2) is 0 Å². The number of phenols is 1. The van der Waals surface area contributed by atoms with E-state index in [1.807, 2.05) is 18.2 Å². The van der Waals surface area contributed by atoms with Gasteiger partial charge in [0.25, 0.3) is 0 Å². The Balaban J connectivity index is 2.77. The maximum atomic E-state index is 9.45. The molecule has 1 aromatic rings. The predicted molar refractivity (Wildman–Crippen MR) is 56.5 cm³/mol. The molecule has 0 saturated carbocycles. The van der Waals surface area contributed by atoms with Crippen LogP contribution in [0.25, 0.3) is 6.08 Å². The zero-order chi connectivity index (χ0) is 9.68. The molecule has 0 aliphatic rings. The number of hydrogen-bond acceptors (Lipinski definition) is 2. The largest absolute Gasteiger partial charge is 0.507 e. The van der Waals surface area contributed by atoms with E-state index in [0.29, 0.717) is 6.42 Å². The molecule has 2 nitrogen and oxygen atoms in total. The van der Waals surface area contributed by atoms with Crippen molar-refractivity contribution in [3.8, 4) is 5.75 Å². The third-order valence-electron chi connectivity index (χ3n) is 1.59. The Kier molecular flexibility index (Phi) is 3.99. The van der Waals surface area contributed by atoms with Crippen LogP contribution < -0.4 is 0 Å². The normalized spacial score (nSPS) is 10.9. The minimum Gasteiger partial charge on any atom is -0.507 e. The molecular weight excluding hydrogens is 232 g/mol. The van der Waals surface area contributed by atoms with Crippen molar-refractivity contribution < 1.29 is 10.2 Å². The number of rotatable bonds is 3. The highest BCUT2D eigenvalue weighted by Gasteiger charge is 1.96. The van der Waals surface area contributed by atoms with Gasteiger partial charge in [0.1, 0.15) is 5.75 Å². The van der Waals surface area contributed by atoms with Crippen LogP contribution in [-0.4, -0.2) is 16.8 Å². The van der Waals surface area contributed by atoms with Gasteiger partial charge in [-0.05, 0) is 18.6 Å². The average molecular weight is 243 g/mol. The van der Waals surface area contributed by atoms with Gasteiger partial charge >= 0.3 is 0 Å². The van der Waals surface area contributed by atoms with E-state index in [4.69, 9.17) is 5.11 Å². The third-order valence-corrected chi connectivity index (χ3v) is 2.08. The fraction of sp³-hybridized carbons (Fsp3) is 0.200. The summed E-state index contributed by atoms with van der Waals surface area (Å²) >= 11 is 3.25. The van der Waals surface area contributed by atoms with Crippen molar-refractivity contribution in [3.05, 3.63) is 34.3 Å². The Morgan fingerprint density at radius 3 is 2.77 bits per heavy atom. The van der Waals surface area contributed by atoms with Crippen LogP contribution in [0.2, 0.25) is 0 Å². The molecule has 0 amide bonds. The molecule has 1 aromatic carbocycles. The van der Waals surface area contributed by atoms with E-state index < -0.39 is 0 Å². The van der Waals surface area contributed by atoms with Crippen LogP contribution >= 0.6 is 15.9 Å². The van der Waals surface area contributed by atoms with Crippen molar-refractivity contribution in [2.75, 3.05) is 6.61 Å². The SMILES string of the molecule is OCCC=Cc1ccc(Br)cc1O. The molecule has 0 aliphatic heterocycles. The zero-order valence-corrected chi connectivity index (χ0v) is 8.66. The first-order valence-corrected chi connectivity index (χ1v) is 4.79. The first-order valence-electron chi connectivity index (χ1n) is 4.00. The molecule has 0 saturated heterocycles. The van der Waals surface area contributed by atoms with Crippen LogP contribution in [0.3, 0.4) is 0 Å². The van der Waals surface area contributed by atoms with Gasteiger partial charge in [0.2, 0.25) is 0 Å². The van der Waals surface area contributed by atoms with E-state index in [-0.39, 0.29) is 12.4 Å². The fourth-order valence-electron chi connectivity index (χ4n) is 0.943. The minimum atomic E-state index is 0.133. The molecule has 70 valence electrons. The van der Waals surface area contributed by atoms with Crippen molar-refractivity contribution in [1.82, 2.24) is 0 Å². The lowest BCUT2D eigenvalue weighted by Gasteiger charge is -1.98. The second-order valence-electron chi connectivity index (χ2n) is 2.62. The van der Waals surface area contributed by atoms with Gasteiger partial charge in [-0.25, -0.2) is 0 Å². The highest BCUT2D eigenvalue weighted by Crippen LogP contribution is 2.23. The molecule has 0 bridgehead atoms. The Hall–Kier alpha value is -0.800. The number of aromatic hydroxyl groups is 1. The number of benzene rings is 1. The maximum absolute atomic E-state index is 9.45. The van der Waals surface area contributed by atoms with Crippen LogP contribution in [0.15, 0.2) is 28.7 Å². The van der Waals surface area contributed by atoms with Gasteiger partial charge in [0, 0.05) is 16.6 Å². The van der Waals surface area contributed by atoms with Gasteiger partial charge < -0.3 is 10.2 Å². The molecule has 1 rings (SSSR count). The Morgan fingerprint density at radius 2 is 2.15 bits per heavy atom. The second-order valence-corrected chi connectivity index (χ2v) is 3.53. The second kappa shape index (κ2) is 5.04. The van der Waals surface area contributed by atoms with Crippen LogP contribution in [0, 0.1) is 0 Å². The minimum absolute atomic E-state index is 0.133. The van der Waals surface area contributed by atoms with Crippen molar-refractivity contribution in [3.63, 3.8) is 0 Å². The molecule has 0 heterocycles. The molecule has 2 N–H and O–H groups in total. The summed E-state index contributed by atoms with van der Waals surface area (Å²) in [5.74, 6) is 0.239. The summed E-state index contributed by atoms with van der Waals surface area (Å²) in [6.07, 6.45) is 4.22. The number of aliphatic hydroxyl groups excluding tert-OH is 1. The summed E-state index contributed by atoms with van der Waals surface area (Å²) in [6, 6.07) is 5.31. The van der Waals surface area contributed by atoms with Crippen LogP contribution in [0.1, 0.15) is 12.0 Å². The first-order chi connectivity index (χ1) is 6.24. The van der Waals surface area contributed by atoms with Gasteiger partial charge in [-0.3, -0.25) is 0 Å². The molecule has 13 heavy (non-hydrogen) atoms. The van der Waals surface area contributed by atoms with Crippen molar-refractivity contribution in [1.29, 1.82) is 0 Å². The highest BCUT2D eigenvalue weighted by molar-refractivity contribution is 9.10. The summed E-state index contributed by atoms with van der Waals surface area (Å²) in [4.78, 5) is 0. The van der Waals surface area contributed by atoms with Crippen molar-refractivity contribution in [2.24, 2.45) is 0 Å². The highest BCUT2D eigenvalue weighted by atomic mass is 79.9. The predicted octanol–water partition coefficient (Wildman–Crippen LogP) is 2.55. The fourth-order valence-corrected chi connectivity index (χ4v) is 1.29. The molecule has 0 unspecified atom stereocenters. The summed E-state index contributed by atoms with van der Waals surface area (Å²) in [5, 5.41) is 18.0. The molecular formula is C10H11BrO2. The standard InChI is InChI=1S/C10H11BrO2/c11-9-5-4-8(10(13)7-9)3-1-2-6-12/h1,3-5,7,12-13H,2,6H2. The van der Waals surface area contributed by atoms with Crippen LogP contribution in [0.4, 0.5) is 0 Å². The summed E-state index contributed by atoms with van der Waals surface area (Å²) in [5.41, 5.74) is 0.761. The molecule has 0 fully saturated rings. The lowest BCUT2D eigenvalue weighted by Crippen LogP contribution is -1.77. The Labute approximate surface area is 85.7 Å². The number of phenolic OH excluding ortho intramolecular Hbond substituents is 1. The van der Waals surface area contributed by atoms with Crippen molar-refractivity contribution >= 4 is 22.0 Å². The molecule has 0 aliphatic carbocycles. The first kappa shape index (κ1) is 10.3. The topological polar surface area (TPSA) is 40.5 Å². The number of hydrogen-bond donors (Lipinski definition) is 2. The van der Waals surface area contributed by atoms with E-state index in [2.05, 4.69) is 15.9 Å². The summed E-state index contributed by atoms with van der Waals surface area (Å²) in [6.45, 7) is 0.133. The Morgan fingerprint density at radius 1 is 1.38 bits per heavy atom. The molecule has 3 heteroatoms. The van der Waals surface area contributed by atoms with Gasteiger partial charge in [-0.1, -0.05) is 34.1 Å². The Bertz CT molecular complexity index is 308. The molecule has 0 atom stereocenters. The van der Waals surface area contributed by atoms with Crippen LogP contribution in [-0.2, 0) is 0 Å². The zero-order valence-electron chi connectivity index (χ0n) is 7.07. The maximum Gasteiger partial charge on any atom is 0.123 e. The quantitative estimate of drug-likeness (QED) is 0.856. The monoisotopic (exact) mass is 242 g/mol. The number of aliphatic hydroxyl groups is 1. The van der Waals surface area contributed by atoms with Gasteiger partial charge in [-0.15, -0.1) is 0 Å². The molecule has 0 radical (unpaired) electrons. The average Bonchev–Trinajstić information content (AvgIpc) is 2.09. The van der Waals surface area contributed by atoms with E-state index in [9.17, 15) is 5.11 Å². The lowest BCUT2D eigenvalue weighted by molar-refractivity contribution is 0.303.